The van der Waals surface area contributed by atoms with Gasteiger partial charge in [0.25, 0.3) is 0 Å². The third-order valence-corrected chi connectivity index (χ3v) is 4.73. The summed E-state index contributed by atoms with van der Waals surface area (Å²) in [7, 11) is -3.63. The van der Waals surface area contributed by atoms with Gasteiger partial charge >= 0.3 is 5.82 Å². The van der Waals surface area contributed by atoms with Gasteiger partial charge < -0.3 is 15.4 Å². The van der Waals surface area contributed by atoms with Gasteiger partial charge in [-0.2, -0.15) is 4.31 Å². The molecule has 0 radical (unpaired) electrons. The Kier molecular flexibility index (Phi) is 3.78. The molecule has 8 nitrogen and oxygen atoms in total. The maximum atomic E-state index is 12.3. The van der Waals surface area contributed by atoms with Crippen molar-refractivity contribution in [2.75, 3.05) is 19.6 Å². The Hall–Kier alpha value is -1.58. The summed E-state index contributed by atoms with van der Waals surface area (Å²) in [6, 6.07) is 2.39. The molecule has 104 valence electrons. The molecule has 2 heterocycles. The van der Waals surface area contributed by atoms with Gasteiger partial charge in [0.15, 0.2) is 6.20 Å². The molecule has 0 aliphatic carbocycles. The van der Waals surface area contributed by atoms with Crippen LogP contribution in [0.15, 0.2) is 23.2 Å². The Morgan fingerprint density at radius 1 is 1.53 bits per heavy atom. The molecular weight excluding hydrogens is 272 g/mol. The fourth-order valence-electron chi connectivity index (χ4n) is 1.90. The lowest BCUT2D eigenvalue weighted by molar-refractivity contribution is -0.389. The van der Waals surface area contributed by atoms with E-state index in [0.717, 1.165) is 12.3 Å². The highest BCUT2D eigenvalue weighted by molar-refractivity contribution is 7.89. The average molecular weight is 286 g/mol. The van der Waals surface area contributed by atoms with Crippen LogP contribution >= 0.6 is 0 Å². The molecule has 1 aromatic rings. The van der Waals surface area contributed by atoms with Gasteiger partial charge in [0.2, 0.25) is 10.0 Å². The zero-order valence-electron chi connectivity index (χ0n) is 10.3. The van der Waals surface area contributed by atoms with Crippen molar-refractivity contribution in [2.45, 2.75) is 17.9 Å². The summed E-state index contributed by atoms with van der Waals surface area (Å²) >= 11 is 0. The van der Waals surface area contributed by atoms with E-state index in [1.165, 1.54) is 10.4 Å². The molecule has 1 atom stereocenters. The van der Waals surface area contributed by atoms with E-state index in [9.17, 15) is 18.5 Å². The van der Waals surface area contributed by atoms with E-state index < -0.39 is 14.9 Å². The summed E-state index contributed by atoms with van der Waals surface area (Å²) in [6.07, 6.45) is 1.03. The summed E-state index contributed by atoms with van der Waals surface area (Å²) in [5.74, 6) is -0.368. The second-order valence-electron chi connectivity index (χ2n) is 4.33. The van der Waals surface area contributed by atoms with Gasteiger partial charge in [-0.05, 0) is 22.9 Å². The highest BCUT2D eigenvalue weighted by atomic mass is 32.2. The number of nitrogens with zero attached hydrogens (tertiary/aromatic N) is 3. The first-order valence-corrected chi connectivity index (χ1v) is 7.19. The molecule has 1 N–H and O–H groups in total. The van der Waals surface area contributed by atoms with E-state index in [1.807, 2.05) is 6.92 Å². The molecule has 1 aliphatic heterocycles. The second-order valence-corrected chi connectivity index (χ2v) is 6.27. The SMILES string of the molecule is CC1CN(S(=O)(=O)c2ccc([N+](=O)[O-])nc2)CCN1. The molecule has 0 bridgehead atoms. The molecule has 0 aromatic carbocycles. The van der Waals surface area contributed by atoms with Crippen LogP contribution in [0, 0.1) is 10.1 Å². The lowest BCUT2D eigenvalue weighted by Crippen LogP contribution is -2.51. The Balaban J connectivity index is 2.26. The molecule has 19 heavy (non-hydrogen) atoms. The maximum Gasteiger partial charge on any atom is 0.363 e. The zero-order chi connectivity index (χ0) is 14.0. The highest BCUT2D eigenvalue weighted by Crippen LogP contribution is 2.18. The van der Waals surface area contributed by atoms with Gasteiger partial charge in [-0.15, -0.1) is 0 Å². The third kappa shape index (κ3) is 2.88. The number of pyridine rings is 1. The van der Waals surface area contributed by atoms with Crippen LogP contribution in [-0.4, -0.2) is 48.3 Å². The van der Waals surface area contributed by atoms with E-state index in [1.54, 1.807) is 0 Å². The number of piperazine rings is 1. The van der Waals surface area contributed by atoms with Crippen molar-refractivity contribution >= 4 is 15.8 Å². The van der Waals surface area contributed by atoms with Crippen LogP contribution in [-0.2, 0) is 10.0 Å². The van der Waals surface area contributed by atoms with E-state index in [2.05, 4.69) is 10.3 Å². The fourth-order valence-corrected chi connectivity index (χ4v) is 3.37. The third-order valence-electron chi connectivity index (χ3n) is 2.88. The summed E-state index contributed by atoms with van der Waals surface area (Å²) in [5, 5.41) is 13.6. The topological polar surface area (TPSA) is 105 Å². The van der Waals surface area contributed by atoms with Crippen LogP contribution in [0.4, 0.5) is 5.82 Å². The first kappa shape index (κ1) is 13.8. The van der Waals surface area contributed by atoms with Crippen LogP contribution in [0.25, 0.3) is 0 Å². The second kappa shape index (κ2) is 5.19. The molecule has 9 heteroatoms. The fraction of sp³-hybridized carbons (Fsp3) is 0.500. The number of aromatic nitrogens is 1. The number of nitro groups is 1. The van der Waals surface area contributed by atoms with Crippen molar-refractivity contribution in [1.82, 2.24) is 14.6 Å². The van der Waals surface area contributed by atoms with Gasteiger partial charge in [-0.3, -0.25) is 0 Å². The minimum Gasteiger partial charge on any atom is -0.358 e. The molecule has 0 amide bonds. The molecule has 1 saturated heterocycles. The quantitative estimate of drug-likeness (QED) is 0.618. The maximum absolute atomic E-state index is 12.3. The summed E-state index contributed by atoms with van der Waals surface area (Å²) in [4.78, 5) is 13.3. The van der Waals surface area contributed by atoms with Gasteiger partial charge in [-0.1, -0.05) is 0 Å². The monoisotopic (exact) mass is 286 g/mol. The Labute approximate surface area is 110 Å². The number of sulfonamides is 1. The largest absolute Gasteiger partial charge is 0.363 e. The molecule has 1 unspecified atom stereocenters. The van der Waals surface area contributed by atoms with Crippen molar-refractivity contribution < 1.29 is 13.3 Å². The van der Waals surface area contributed by atoms with Crippen LogP contribution in [0.5, 0.6) is 0 Å². The predicted octanol–water partition coefficient (Wildman–Crippen LogP) is -0.0278. The summed E-state index contributed by atoms with van der Waals surface area (Å²) in [5.41, 5.74) is 0. The predicted molar refractivity (Wildman–Crippen MR) is 67.1 cm³/mol. The number of rotatable bonds is 3. The number of nitrogens with one attached hydrogen (secondary N) is 1. The highest BCUT2D eigenvalue weighted by Gasteiger charge is 2.29. The van der Waals surface area contributed by atoms with E-state index in [4.69, 9.17) is 0 Å². The number of hydrogen-bond donors (Lipinski definition) is 1. The van der Waals surface area contributed by atoms with Crippen LogP contribution in [0.2, 0.25) is 0 Å². The molecule has 1 fully saturated rings. The lowest BCUT2D eigenvalue weighted by Gasteiger charge is -2.30. The molecule has 0 saturated carbocycles. The Morgan fingerprint density at radius 3 is 2.79 bits per heavy atom. The van der Waals surface area contributed by atoms with E-state index >= 15 is 0 Å². The van der Waals surface area contributed by atoms with Crippen molar-refractivity contribution in [3.8, 4) is 0 Å². The van der Waals surface area contributed by atoms with Crippen molar-refractivity contribution in [1.29, 1.82) is 0 Å². The first-order valence-electron chi connectivity index (χ1n) is 5.75. The minimum atomic E-state index is -3.63. The molecule has 2 rings (SSSR count). The Morgan fingerprint density at radius 2 is 2.26 bits per heavy atom. The normalized spacial score (nSPS) is 21.2. The summed E-state index contributed by atoms with van der Waals surface area (Å²) in [6.45, 7) is 3.24. The van der Waals surface area contributed by atoms with Crippen LogP contribution < -0.4 is 5.32 Å². The van der Waals surface area contributed by atoms with Gasteiger partial charge in [0.05, 0.1) is 0 Å². The summed E-state index contributed by atoms with van der Waals surface area (Å²) < 4.78 is 26.0. The van der Waals surface area contributed by atoms with Gasteiger partial charge in [0, 0.05) is 31.7 Å². The van der Waals surface area contributed by atoms with Crippen molar-refractivity contribution in [3.63, 3.8) is 0 Å². The van der Waals surface area contributed by atoms with Gasteiger partial charge in [0.1, 0.15) is 4.90 Å². The smallest absolute Gasteiger partial charge is 0.358 e. The first-order chi connectivity index (χ1) is 8.91. The zero-order valence-corrected chi connectivity index (χ0v) is 11.1. The lowest BCUT2D eigenvalue weighted by atomic mass is 10.3. The van der Waals surface area contributed by atoms with Crippen molar-refractivity contribution in [3.05, 3.63) is 28.4 Å². The molecule has 1 aromatic heterocycles. The Bertz CT molecular complexity index is 572. The molecular formula is C10H14N4O4S. The minimum absolute atomic E-state index is 0.0211. The molecule has 0 spiro atoms. The average Bonchev–Trinajstić information content (AvgIpc) is 2.39. The standard InChI is InChI=1S/C10H14N4O4S/c1-8-7-13(5-4-11-8)19(17,18)9-2-3-10(12-6-9)14(15)16/h2-3,6,8,11H,4-5,7H2,1H3. The molecule has 1 aliphatic rings. The number of hydrogen-bond acceptors (Lipinski definition) is 6. The van der Waals surface area contributed by atoms with Crippen LogP contribution in [0.1, 0.15) is 6.92 Å². The van der Waals surface area contributed by atoms with E-state index in [0.29, 0.717) is 19.6 Å². The van der Waals surface area contributed by atoms with E-state index in [-0.39, 0.29) is 16.8 Å². The van der Waals surface area contributed by atoms with Crippen molar-refractivity contribution in [2.24, 2.45) is 0 Å². The van der Waals surface area contributed by atoms with Crippen LogP contribution in [0.3, 0.4) is 0 Å². The van der Waals surface area contributed by atoms with Gasteiger partial charge in [-0.25, -0.2) is 8.42 Å².